The molecule has 0 saturated heterocycles. The molecule has 0 radical (unpaired) electrons. The smallest absolute Gasteiger partial charge is 0.267 e. The maximum atomic E-state index is 11.4. The van der Waals surface area contributed by atoms with Crippen LogP contribution >= 0.6 is 27.5 Å². The van der Waals surface area contributed by atoms with Crippen LogP contribution in [0.3, 0.4) is 0 Å². The number of anilines is 2. The quantitative estimate of drug-likeness (QED) is 0.908. The summed E-state index contributed by atoms with van der Waals surface area (Å²) >= 11 is 9.08. The molecule has 0 aliphatic heterocycles. The third-order valence-corrected chi connectivity index (χ3v) is 3.18. The fourth-order valence-electron chi connectivity index (χ4n) is 1.38. The molecule has 18 heavy (non-hydrogen) atoms. The van der Waals surface area contributed by atoms with Crippen LogP contribution in [0.4, 0.5) is 11.5 Å². The lowest BCUT2D eigenvalue weighted by molar-refractivity contribution is 0.417. The Morgan fingerprint density at radius 1 is 1.50 bits per heavy atom. The second-order valence-electron chi connectivity index (χ2n) is 3.36. The summed E-state index contributed by atoms with van der Waals surface area (Å²) in [4.78, 5) is 17.9. The summed E-state index contributed by atoms with van der Waals surface area (Å²) in [5.74, 6) is 0.993. The topological polar surface area (TPSA) is 67.0 Å². The average Bonchev–Trinajstić information content (AvgIpc) is 2.35. The molecule has 2 N–H and O–H groups in total. The van der Waals surface area contributed by atoms with Crippen molar-refractivity contribution in [2.45, 2.75) is 0 Å². The van der Waals surface area contributed by atoms with Gasteiger partial charge in [0.1, 0.15) is 10.2 Å². The second-order valence-corrected chi connectivity index (χ2v) is 4.59. The molecule has 0 bridgehead atoms. The molecule has 0 fully saturated rings. The van der Waals surface area contributed by atoms with Gasteiger partial charge < -0.3 is 15.0 Å². The van der Waals surface area contributed by atoms with Crippen LogP contribution in [0.15, 0.2) is 33.8 Å². The van der Waals surface area contributed by atoms with Gasteiger partial charge in [0.05, 0.1) is 19.1 Å². The number of benzene rings is 1. The van der Waals surface area contributed by atoms with Crippen molar-refractivity contribution < 1.29 is 4.74 Å². The first kappa shape index (κ1) is 12.9. The van der Waals surface area contributed by atoms with E-state index in [0.717, 1.165) is 0 Å². The number of hydrogen-bond acceptors (Lipinski definition) is 4. The number of ether oxygens (including phenoxy) is 1. The van der Waals surface area contributed by atoms with Crippen molar-refractivity contribution in [1.82, 2.24) is 9.97 Å². The van der Waals surface area contributed by atoms with Crippen molar-refractivity contribution in [3.63, 3.8) is 0 Å². The number of rotatable bonds is 3. The van der Waals surface area contributed by atoms with Crippen LogP contribution in [0.1, 0.15) is 0 Å². The number of methoxy groups -OCH3 is 1. The van der Waals surface area contributed by atoms with E-state index in [1.165, 1.54) is 6.33 Å². The van der Waals surface area contributed by atoms with Gasteiger partial charge in [0, 0.05) is 5.02 Å². The highest BCUT2D eigenvalue weighted by molar-refractivity contribution is 9.10. The highest BCUT2D eigenvalue weighted by atomic mass is 79.9. The molecule has 0 aliphatic carbocycles. The van der Waals surface area contributed by atoms with Crippen molar-refractivity contribution in [2.24, 2.45) is 0 Å². The van der Waals surface area contributed by atoms with E-state index >= 15 is 0 Å². The number of aromatic amines is 1. The SMILES string of the molecule is COc1ccc(Cl)cc1Nc1nc[nH]c(=O)c1Br. The first-order valence-electron chi connectivity index (χ1n) is 4.95. The lowest BCUT2D eigenvalue weighted by atomic mass is 10.3. The number of aromatic nitrogens is 2. The van der Waals surface area contributed by atoms with E-state index < -0.39 is 0 Å². The summed E-state index contributed by atoms with van der Waals surface area (Å²) in [6, 6.07) is 5.13. The minimum Gasteiger partial charge on any atom is -0.495 e. The summed E-state index contributed by atoms with van der Waals surface area (Å²) in [5.41, 5.74) is 0.359. The van der Waals surface area contributed by atoms with Crippen LogP contribution in [-0.4, -0.2) is 17.1 Å². The Morgan fingerprint density at radius 2 is 2.28 bits per heavy atom. The minimum atomic E-state index is -0.270. The van der Waals surface area contributed by atoms with Crippen LogP contribution in [0.25, 0.3) is 0 Å². The number of hydrogen-bond donors (Lipinski definition) is 2. The van der Waals surface area contributed by atoms with E-state index in [9.17, 15) is 4.79 Å². The van der Waals surface area contributed by atoms with Crippen molar-refractivity contribution in [3.05, 3.63) is 44.4 Å². The van der Waals surface area contributed by atoms with Crippen LogP contribution in [-0.2, 0) is 0 Å². The average molecular weight is 331 g/mol. The summed E-state index contributed by atoms with van der Waals surface area (Å²) < 4.78 is 5.50. The summed E-state index contributed by atoms with van der Waals surface area (Å²) in [7, 11) is 1.55. The molecule has 2 rings (SSSR count). The third kappa shape index (κ3) is 2.65. The van der Waals surface area contributed by atoms with Gasteiger partial charge in [-0.15, -0.1) is 0 Å². The van der Waals surface area contributed by atoms with Gasteiger partial charge in [-0.2, -0.15) is 0 Å². The maximum absolute atomic E-state index is 11.4. The van der Waals surface area contributed by atoms with Crippen LogP contribution < -0.4 is 15.6 Å². The molecule has 5 nitrogen and oxygen atoms in total. The zero-order chi connectivity index (χ0) is 13.1. The Kier molecular flexibility index (Phi) is 3.88. The van der Waals surface area contributed by atoms with Crippen molar-refractivity contribution >= 4 is 39.0 Å². The predicted molar refractivity (Wildman–Crippen MR) is 73.8 cm³/mol. The van der Waals surface area contributed by atoms with Gasteiger partial charge in [-0.05, 0) is 34.1 Å². The Bertz CT molecular complexity index is 630. The molecular weight excluding hydrogens is 321 g/mol. The molecule has 0 atom stereocenters. The molecule has 94 valence electrons. The predicted octanol–water partition coefficient (Wildman–Crippen LogP) is 2.94. The lowest BCUT2D eigenvalue weighted by Gasteiger charge is -2.11. The molecule has 2 aromatic rings. The minimum absolute atomic E-state index is 0.270. The first-order valence-corrected chi connectivity index (χ1v) is 6.12. The third-order valence-electron chi connectivity index (χ3n) is 2.21. The molecule has 0 amide bonds. The van der Waals surface area contributed by atoms with E-state index in [0.29, 0.717) is 26.8 Å². The molecule has 7 heteroatoms. The van der Waals surface area contributed by atoms with E-state index in [1.54, 1.807) is 25.3 Å². The van der Waals surface area contributed by atoms with Crippen molar-refractivity contribution in [2.75, 3.05) is 12.4 Å². The van der Waals surface area contributed by atoms with Gasteiger partial charge in [-0.25, -0.2) is 4.98 Å². The van der Waals surface area contributed by atoms with Gasteiger partial charge in [0.15, 0.2) is 5.82 Å². The largest absolute Gasteiger partial charge is 0.495 e. The number of halogens is 2. The van der Waals surface area contributed by atoms with Gasteiger partial charge >= 0.3 is 0 Å². The summed E-state index contributed by atoms with van der Waals surface area (Å²) in [5, 5.41) is 3.54. The molecular formula is C11H9BrClN3O2. The monoisotopic (exact) mass is 329 g/mol. The van der Waals surface area contributed by atoms with Crippen LogP contribution in [0, 0.1) is 0 Å². The van der Waals surface area contributed by atoms with E-state index in [2.05, 4.69) is 31.2 Å². The van der Waals surface area contributed by atoms with Gasteiger partial charge in [-0.1, -0.05) is 11.6 Å². The van der Waals surface area contributed by atoms with Crippen molar-refractivity contribution in [1.29, 1.82) is 0 Å². The van der Waals surface area contributed by atoms with Crippen LogP contribution in [0.2, 0.25) is 5.02 Å². The van der Waals surface area contributed by atoms with E-state index in [1.807, 2.05) is 0 Å². The van der Waals surface area contributed by atoms with E-state index in [-0.39, 0.29) is 5.56 Å². The molecule has 0 saturated carbocycles. The molecule has 0 spiro atoms. The van der Waals surface area contributed by atoms with Gasteiger partial charge in [0.25, 0.3) is 5.56 Å². The lowest BCUT2D eigenvalue weighted by Crippen LogP contribution is -2.10. The summed E-state index contributed by atoms with van der Waals surface area (Å²) in [6.45, 7) is 0. The Balaban J connectivity index is 2.42. The zero-order valence-electron chi connectivity index (χ0n) is 9.33. The second kappa shape index (κ2) is 5.41. The fraction of sp³-hybridized carbons (Fsp3) is 0.0909. The molecule has 1 aromatic heterocycles. The Morgan fingerprint density at radius 3 is 3.00 bits per heavy atom. The standard InChI is InChI=1S/C11H9BrClN3O2/c1-18-8-3-2-6(13)4-7(8)16-10-9(12)11(17)15-5-14-10/h2-5H,1H3,(H2,14,15,16,17). The van der Waals surface area contributed by atoms with Gasteiger partial charge in [0.2, 0.25) is 0 Å². The van der Waals surface area contributed by atoms with Gasteiger partial charge in [-0.3, -0.25) is 4.79 Å². The summed E-state index contributed by atoms with van der Waals surface area (Å²) in [6.07, 6.45) is 1.31. The van der Waals surface area contributed by atoms with Crippen LogP contribution in [0.5, 0.6) is 5.75 Å². The normalized spacial score (nSPS) is 10.2. The number of nitrogens with zero attached hydrogens (tertiary/aromatic N) is 1. The highest BCUT2D eigenvalue weighted by Gasteiger charge is 2.09. The zero-order valence-corrected chi connectivity index (χ0v) is 11.7. The molecule has 0 unspecified atom stereocenters. The first-order chi connectivity index (χ1) is 8.61. The Labute approximate surface area is 116 Å². The van der Waals surface area contributed by atoms with Crippen molar-refractivity contribution in [3.8, 4) is 5.75 Å². The molecule has 1 aromatic carbocycles. The fourth-order valence-corrected chi connectivity index (χ4v) is 1.86. The highest BCUT2D eigenvalue weighted by Crippen LogP contribution is 2.31. The Hall–Kier alpha value is -1.53. The number of H-pyrrole nitrogens is 1. The van der Waals surface area contributed by atoms with E-state index in [4.69, 9.17) is 16.3 Å². The molecule has 1 heterocycles. The maximum Gasteiger partial charge on any atom is 0.267 e. The molecule has 0 aliphatic rings. The number of nitrogens with one attached hydrogen (secondary N) is 2.